The molecule has 1 aliphatic rings. The molecule has 1 heterocycles. The minimum atomic E-state index is 1.00. The van der Waals surface area contributed by atoms with Gasteiger partial charge in [-0.1, -0.05) is 25.7 Å². The Kier molecular flexibility index (Phi) is 2.79. The summed E-state index contributed by atoms with van der Waals surface area (Å²) in [6.45, 7) is 4.56. The minimum absolute atomic E-state index is 1.00. The van der Waals surface area contributed by atoms with E-state index in [9.17, 15) is 0 Å². The summed E-state index contributed by atoms with van der Waals surface area (Å²) in [7, 11) is 1.00. The molecule has 0 N–H and O–H groups in total. The summed E-state index contributed by atoms with van der Waals surface area (Å²) in [6.07, 6.45) is 7.33. The third-order valence-corrected chi connectivity index (χ3v) is 4.98. The molecule has 0 radical (unpaired) electrons. The van der Waals surface area contributed by atoms with Gasteiger partial charge in [0.1, 0.15) is 0 Å². The van der Waals surface area contributed by atoms with Crippen LogP contribution in [0.5, 0.6) is 0 Å². The molecule has 0 spiro atoms. The fourth-order valence-corrected chi connectivity index (χ4v) is 3.79. The van der Waals surface area contributed by atoms with E-state index >= 15 is 0 Å². The molecule has 0 bridgehead atoms. The van der Waals surface area contributed by atoms with E-state index in [2.05, 4.69) is 19.6 Å². The summed E-state index contributed by atoms with van der Waals surface area (Å²) in [4.78, 5) is 0. The summed E-state index contributed by atoms with van der Waals surface area (Å²) in [5.74, 6) is 3.44. The van der Waals surface area contributed by atoms with Crippen LogP contribution in [-0.2, 0) is 6.42 Å². The Morgan fingerprint density at radius 2 is 2.00 bits per heavy atom. The molecular formula is C12H19P. The molecule has 1 fully saturated rings. The zero-order valence-electron chi connectivity index (χ0n) is 8.69. The quantitative estimate of drug-likeness (QED) is 0.665. The third-order valence-electron chi connectivity index (χ3n) is 3.47. The highest BCUT2D eigenvalue weighted by Gasteiger charge is 2.16. The second kappa shape index (κ2) is 3.88. The topological polar surface area (TPSA) is 0 Å². The Balaban J connectivity index is 2.04. The number of hydrogen-bond acceptors (Lipinski definition) is 0. The maximum Gasteiger partial charge on any atom is -0.0212 e. The maximum atomic E-state index is 2.42. The summed E-state index contributed by atoms with van der Waals surface area (Å²) < 4.78 is 0. The van der Waals surface area contributed by atoms with E-state index in [1.807, 2.05) is 0 Å². The first-order chi connectivity index (χ1) is 6.27. The van der Waals surface area contributed by atoms with Crippen LogP contribution in [0.4, 0.5) is 0 Å². The molecule has 1 heteroatoms. The predicted octanol–water partition coefficient (Wildman–Crippen LogP) is 4.07. The molecule has 0 amide bonds. The fourth-order valence-electron chi connectivity index (χ4n) is 2.37. The van der Waals surface area contributed by atoms with Crippen LogP contribution in [0.15, 0.2) is 5.80 Å². The van der Waals surface area contributed by atoms with Gasteiger partial charge < -0.3 is 0 Å². The van der Waals surface area contributed by atoms with E-state index in [-0.39, 0.29) is 0 Å². The van der Waals surface area contributed by atoms with Gasteiger partial charge in [-0.05, 0) is 48.4 Å². The van der Waals surface area contributed by atoms with Crippen molar-refractivity contribution >= 4 is 8.19 Å². The number of aryl methyl sites for hydroxylation is 1. The van der Waals surface area contributed by atoms with E-state index in [1.54, 1.807) is 10.9 Å². The summed E-state index contributed by atoms with van der Waals surface area (Å²) in [5, 5.41) is 1.75. The van der Waals surface area contributed by atoms with Crippen molar-refractivity contribution in [2.24, 2.45) is 5.92 Å². The lowest BCUT2D eigenvalue weighted by molar-refractivity contribution is 0.550. The van der Waals surface area contributed by atoms with Crippen molar-refractivity contribution in [3.05, 3.63) is 22.2 Å². The second-order valence-corrected chi connectivity index (χ2v) is 5.61. The molecule has 2 rings (SSSR count). The van der Waals surface area contributed by atoms with Gasteiger partial charge in [-0.25, -0.2) is 0 Å². The zero-order valence-corrected chi connectivity index (χ0v) is 9.69. The fraction of sp³-hybridized carbons (Fsp3) is 0.667. The molecule has 13 heavy (non-hydrogen) atoms. The van der Waals surface area contributed by atoms with Crippen molar-refractivity contribution in [1.29, 1.82) is 0 Å². The van der Waals surface area contributed by atoms with Crippen LogP contribution in [0.1, 0.15) is 42.1 Å². The molecule has 1 saturated carbocycles. The maximum absolute atomic E-state index is 2.42. The Labute approximate surface area is 82.8 Å². The molecule has 1 aromatic rings. The largest absolute Gasteiger partial charge is 0.136 e. The Bertz CT molecular complexity index is 279. The predicted molar refractivity (Wildman–Crippen MR) is 61.1 cm³/mol. The van der Waals surface area contributed by atoms with Crippen molar-refractivity contribution in [3.63, 3.8) is 0 Å². The molecular weight excluding hydrogens is 175 g/mol. The van der Waals surface area contributed by atoms with Gasteiger partial charge in [0.2, 0.25) is 0 Å². The molecule has 1 atom stereocenters. The molecule has 1 aliphatic carbocycles. The van der Waals surface area contributed by atoms with Crippen LogP contribution < -0.4 is 0 Å². The molecule has 1 unspecified atom stereocenters. The third kappa shape index (κ3) is 1.99. The molecule has 0 saturated heterocycles. The van der Waals surface area contributed by atoms with Gasteiger partial charge in [-0.15, -0.1) is 8.19 Å². The second-order valence-electron chi connectivity index (χ2n) is 4.43. The van der Waals surface area contributed by atoms with E-state index in [0.717, 1.165) is 14.1 Å². The van der Waals surface area contributed by atoms with Gasteiger partial charge in [0.15, 0.2) is 0 Å². The SMILES string of the molecule is Cc1c[pH]c(CC2CCCC2)c1C. The van der Waals surface area contributed by atoms with Crippen LogP contribution in [0, 0.1) is 19.8 Å². The van der Waals surface area contributed by atoms with Crippen LogP contribution in [0.3, 0.4) is 0 Å². The molecule has 1 aromatic heterocycles. The Morgan fingerprint density at radius 1 is 1.31 bits per heavy atom. The highest BCUT2D eigenvalue weighted by Crippen LogP contribution is 2.33. The van der Waals surface area contributed by atoms with Gasteiger partial charge in [-0.2, -0.15) is 0 Å². The molecule has 0 aliphatic heterocycles. The molecule has 72 valence electrons. The smallest absolute Gasteiger partial charge is 0.0212 e. The normalized spacial score (nSPS) is 18.9. The molecule has 0 nitrogen and oxygen atoms in total. The minimum Gasteiger partial charge on any atom is -0.136 e. The molecule has 0 aromatic carbocycles. The van der Waals surface area contributed by atoms with Gasteiger partial charge in [0.25, 0.3) is 0 Å². The van der Waals surface area contributed by atoms with Gasteiger partial charge in [-0.3, -0.25) is 0 Å². The first-order valence-corrected chi connectivity index (χ1v) is 6.48. The van der Waals surface area contributed by atoms with Crippen molar-refractivity contribution in [2.75, 3.05) is 0 Å². The van der Waals surface area contributed by atoms with Crippen LogP contribution in [-0.4, -0.2) is 0 Å². The Hall–Kier alpha value is -0.220. The van der Waals surface area contributed by atoms with E-state index < -0.39 is 0 Å². The van der Waals surface area contributed by atoms with Crippen LogP contribution in [0.2, 0.25) is 0 Å². The van der Waals surface area contributed by atoms with E-state index in [0.29, 0.717) is 0 Å². The number of rotatable bonds is 2. The lowest BCUT2D eigenvalue weighted by atomic mass is 10.0. The standard InChI is InChI=1S/C12H19P/c1-9-8-13-12(10(9)2)7-11-5-3-4-6-11/h8,11,13H,3-7H2,1-2H3. The highest BCUT2D eigenvalue weighted by atomic mass is 31.0. The first-order valence-electron chi connectivity index (χ1n) is 5.41. The first kappa shape index (κ1) is 9.34. The van der Waals surface area contributed by atoms with Crippen LogP contribution in [0.25, 0.3) is 0 Å². The summed E-state index contributed by atoms with van der Waals surface area (Å²) in [6, 6.07) is 0. The van der Waals surface area contributed by atoms with Crippen LogP contribution >= 0.6 is 8.19 Å². The van der Waals surface area contributed by atoms with Crippen molar-refractivity contribution in [3.8, 4) is 0 Å². The van der Waals surface area contributed by atoms with E-state index in [1.165, 1.54) is 37.7 Å². The van der Waals surface area contributed by atoms with Crippen molar-refractivity contribution in [2.45, 2.75) is 46.0 Å². The van der Waals surface area contributed by atoms with Crippen molar-refractivity contribution < 1.29 is 0 Å². The van der Waals surface area contributed by atoms with Gasteiger partial charge in [0, 0.05) is 0 Å². The lowest BCUT2D eigenvalue weighted by Crippen LogP contribution is -1.97. The highest BCUT2D eigenvalue weighted by molar-refractivity contribution is 7.30. The summed E-state index contributed by atoms with van der Waals surface area (Å²) >= 11 is 0. The monoisotopic (exact) mass is 194 g/mol. The van der Waals surface area contributed by atoms with Crippen molar-refractivity contribution in [1.82, 2.24) is 0 Å². The lowest BCUT2D eigenvalue weighted by Gasteiger charge is -2.08. The van der Waals surface area contributed by atoms with Gasteiger partial charge >= 0.3 is 0 Å². The zero-order chi connectivity index (χ0) is 9.26. The Morgan fingerprint density at radius 3 is 2.54 bits per heavy atom. The van der Waals surface area contributed by atoms with Gasteiger partial charge in [0.05, 0.1) is 0 Å². The average Bonchev–Trinajstić information content (AvgIpc) is 2.71. The number of hydrogen-bond donors (Lipinski definition) is 0. The van der Waals surface area contributed by atoms with E-state index in [4.69, 9.17) is 0 Å². The summed E-state index contributed by atoms with van der Waals surface area (Å²) in [5.41, 5.74) is 3.14. The average molecular weight is 194 g/mol.